The fourth-order valence-electron chi connectivity index (χ4n) is 11.1. The number of nitrogens with zero attached hydrogens (tertiary/aromatic N) is 1. The van der Waals surface area contributed by atoms with Gasteiger partial charge in [0.25, 0.3) is 11.8 Å². The minimum atomic E-state index is -1.25. The Kier molecular flexibility index (Phi) is 71.3. The van der Waals surface area contributed by atoms with Crippen molar-refractivity contribution in [3.05, 3.63) is 65.2 Å². The number of carboxylic acids is 1. The number of phenolic OH excluding ortho intramolecular Hbond substituents is 1. The number of benzene rings is 2. The van der Waals surface area contributed by atoms with Crippen molar-refractivity contribution in [2.75, 3.05) is 284 Å². The van der Waals surface area contributed by atoms with E-state index in [1.54, 1.807) is 77.9 Å². The van der Waals surface area contributed by atoms with Crippen molar-refractivity contribution in [2.45, 2.75) is 155 Å². The van der Waals surface area contributed by atoms with Gasteiger partial charge in [0.1, 0.15) is 28.8 Å². The topological polar surface area (TPSA) is 466 Å². The number of nitrogens with one attached hydrogen (secondary N) is 4. The van der Waals surface area contributed by atoms with Crippen LogP contribution in [0.15, 0.2) is 48.5 Å². The Bertz CT molecular complexity index is 3190. The Morgan fingerprint density at radius 2 is 0.758 bits per heavy atom. The van der Waals surface area contributed by atoms with Crippen LogP contribution < -0.4 is 21.3 Å². The third kappa shape index (κ3) is 67.7. The number of alkyl carbamates (subject to hydrolysis) is 1. The van der Waals surface area contributed by atoms with Crippen LogP contribution in [0.3, 0.4) is 0 Å². The number of fused-ring (bicyclic) bond motifs is 1. The Morgan fingerprint density at radius 3 is 1.15 bits per heavy atom. The van der Waals surface area contributed by atoms with Crippen molar-refractivity contribution < 1.29 is 162 Å². The van der Waals surface area contributed by atoms with Gasteiger partial charge in [0.15, 0.2) is 5.78 Å². The highest BCUT2D eigenvalue weighted by atomic mass is 16.6. The average Bonchev–Trinajstić information content (AvgIpc) is 1.64. The molecule has 0 spiro atoms. The minimum absolute atomic E-state index is 0.0298. The summed E-state index contributed by atoms with van der Waals surface area (Å²) in [5.41, 5.74) is 0.178. The number of rotatable bonds is 85. The number of phenols is 1. The summed E-state index contributed by atoms with van der Waals surface area (Å²) in [6.45, 7) is 30.9. The van der Waals surface area contributed by atoms with Gasteiger partial charge in [-0.15, -0.1) is 0 Å². The summed E-state index contributed by atoms with van der Waals surface area (Å²) >= 11 is 0. The lowest BCUT2D eigenvalue weighted by atomic mass is 9.92. The van der Waals surface area contributed by atoms with Crippen molar-refractivity contribution in [1.82, 2.24) is 26.2 Å². The first kappa shape index (κ1) is 117. The van der Waals surface area contributed by atoms with Crippen LogP contribution in [0.4, 0.5) is 4.79 Å². The van der Waals surface area contributed by atoms with Crippen LogP contribution in [-0.4, -0.2) is 381 Å². The van der Waals surface area contributed by atoms with E-state index in [-0.39, 0.29) is 159 Å². The number of Topliss-reactive ketones (excluding diaryl/α,β-unsaturated/α-hetero) is 2. The molecular formula is C89H149N5O34. The fraction of sp³-hybridized carbons (Fsp3) is 0.753. The first-order valence-electron chi connectivity index (χ1n) is 44.4. The highest BCUT2D eigenvalue weighted by Crippen LogP contribution is 2.25. The van der Waals surface area contributed by atoms with Gasteiger partial charge in [-0.05, 0) is 110 Å². The lowest BCUT2D eigenvalue weighted by Crippen LogP contribution is -2.41. The molecule has 3 atom stereocenters. The number of ketones is 2. The molecule has 1 aliphatic rings. The van der Waals surface area contributed by atoms with Crippen LogP contribution in [0.2, 0.25) is 0 Å². The summed E-state index contributed by atoms with van der Waals surface area (Å²) in [7, 11) is 0. The number of hydrogen-bond acceptors (Lipinski definition) is 33. The van der Waals surface area contributed by atoms with Gasteiger partial charge in [-0.2, -0.15) is 0 Å². The van der Waals surface area contributed by atoms with Gasteiger partial charge >= 0.3 is 18.0 Å². The second-order valence-corrected chi connectivity index (χ2v) is 30.6. The molecule has 0 bridgehead atoms. The summed E-state index contributed by atoms with van der Waals surface area (Å²) in [5, 5.41) is 29.8. The lowest BCUT2D eigenvalue weighted by Gasteiger charge is -2.20. The summed E-state index contributed by atoms with van der Waals surface area (Å²) in [6, 6.07) is 11.1. The smallest absolute Gasteiger partial charge is 0.407 e. The number of ether oxygens (including phenoxy) is 22. The van der Waals surface area contributed by atoms with E-state index in [4.69, 9.17) is 104 Å². The Morgan fingerprint density at radius 1 is 0.383 bits per heavy atom. The minimum Gasteiger partial charge on any atom is -0.508 e. The molecule has 0 aromatic heterocycles. The van der Waals surface area contributed by atoms with Crippen LogP contribution in [0.1, 0.15) is 158 Å². The van der Waals surface area contributed by atoms with Crippen LogP contribution in [0.5, 0.6) is 5.75 Å². The van der Waals surface area contributed by atoms with Gasteiger partial charge in [-0.1, -0.05) is 31.2 Å². The second-order valence-electron chi connectivity index (χ2n) is 30.6. The molecule has 39 heteroatoms. The Balaban J connectivity index is 0.000000952. The van der Waals surface area contributed by atoms with E-state index in [2.05, 4.69) is 28.2 Å². The second kappa shape index (κ2) is 78.2. The number of carboxylic acid groups (broad SMARTS) is 1. The zero-order valence-corrected chi connectivity index (χ0v) is 76.9. The van der Waals surface area contributed by atoms with Crippen molar-refractivity contribution in [1.29, 1.82) is 0 Å². The molecule has 1 heterocycles. The number of aromatic hydroxyl groups is 1. The number of aliphatic carboxylic acids is 1. The Labute approximate surface area is 754 Å². The van der Waals surface area contributed by atoms with Crippen molar-refractivity contribution in [3.8, 4) is 5.75 Å². The molecule has 128 heavy (non-hydrogen) atoms. The summed E-state index contributed by atoms with van der Waals surface area (Å²) in [4.78, 5) is 124. The molecular weight excluding hydrogens is 1680 g/mol. The third-order valence-electron chi connectivity index (χ3n) is 17.4. The van der Waals surface area contributed by atoms with Crippen molar-refractivity contribution >= 4 is 59.1 Å². The van der Waals surface area contributed by atoms with E-state index in [1.165, 1.54) is 24.0 Å². The first-order valence-corrected chi connectivity index (χ1v) is 44.4. The Hall–Kier alpha value is -7.46. The van der Waals surface area contributed by atoms with Gasteiger partial charge in [-0.25, -0.2) is 9.59 Å². The molecule has 0 radical (unpaired) electrons. The number of carbonyl (C=O) groups is 10. The standard InChI is InChI=1S/C54H90N4O20.C35H59NO14/c1-40(59)57-45(11-8-9-21-56-52(68)78-54(5,6)7)47(62)12-10-23-69-27-31-73-35-36-74-32-28-70-24-19-43(61)39-44(41-13-15-42(60)16-14-41)50(65)55-22-26-72-30-34-76-38-37-75-33-29-71-25-20-48(63)58-46(51(66)67)17-18-49(64)77-53(2,3)4;1-2-8-39-10-12-41-14-16-43-18-20-45-22-24-47-26-28-49-30-31-50-29-27-48-25-23-46-21-19-44-17-15-42-13-11-40-9-7-36-34(37)32-5-3-4-6-33(32)35(36)38/h13-16,44-46,60H,8-12,17-39H2,1-7H3,(H,55,65)(H,56,68)(H,57,59)(H,58,63)(H,66,67);3-6H,2,7-31H2,1H3. The van der Waals surface area contributed by atoms with Gasteiger partial charge in [0.05, 0.1) is 281 Å². The van der Waals surface area contributed by atoms with Crippen LogP contribution in [0, 0.1) is 0 Å². The van der Waals surface area contributed by atoms with Crippen LogP contribution in [-0.2, 0) is 138 Å². The first-order chi connectivity index (χ1) is 61.8. The molecule has 6 N–H and O–H groups in total. The highest BCUT2D eigenvalue weighted by molar-refractivity contribution is 6.21. The zero-order valence-electron chi connectivity index (χ0n) is 76.9. The van der Waals surface area contributed by atoms with Crippen molar-refractivity contribution in [3.63, 3.8) is 0 Å². The monoisotopic (exact) mass is 1830 g/mol. The van der Waals surface area contributed by atoms with Crippen LogP contribution in [0.25, 0.3) is 0 Å². The van der Waals surface area contributed by atoms with E-state index in [1.807, 2.05) is 0 Å². The molecule has 734 valence electrons. The molecule has 3 unspecified atom stereocenters. The quantitative estimate of drug-likeness (QED) is 0.0267. The maximum atomic E-state index is 13.2. The zero-order chi connectivity index (χ0) is 93.6. The number of unbranched alkanes of at least 4 members (excludes halogenated alkanes) is 1. The molecule has 0 aliphatic carbocycles. The summed E-state index contributed by atoms with van der Waals surface area (Å²) < 4.78 is 120. The van der Waals surface area contributed by atoms with Crippen LogP contribution >= 0.6 is 0 Å². The molecule has 0 saturated carbocycles. The van der Waals surface area contributed by atoms with Gasteiger partial charge in [-0.3, -0.25) is 43.3 Å². The number of imide groups is 1. The van der Waals surface area contributed by atoms with Gasteiger partial charge in [0, 0.05) is 65.3 Å². The molecule has 6 amide bonds. The van der Waals surface area contributed by atoms with E-state index >= 15 is 0 Å². The molecule has 2 aromatic carbocycles. The molecule has 1 aliphatic heterocycles. The highest BCUT2D eigenvalue weighted by Gasteiger charge is 2.35. The molecule has 39 nitrogen and oxygen atoms in total. The number of carbonyl (C=O) groups excluding carboxylic acids is 9. The maximum Gasteiger partial charge on any atom is 0.407 e. The normalized spacial score (nSPS) is 12.7. The molecule has 3 rings (SSSR count). The fourth-order valence-corrected chi connectivity index (χ4v) is 11.1. The van der Waals surface area contributed by atoms with Gasteiger partial charge < -0.3 is 136 Å². The predicted octanol–water partition coefficient (Wildman–Crippen LogP) is 5.60. The lowest BCUT2D eigenvalue weighted by molar-refractivity contribution is -0.155. The molecule has 0 fully saturated rings. The predicted molar refractivity (Wildman–Crippen MR) is 466 cm³/mol. The third-order valence-corrected chi connectivity index (χ3v) is 17.4. The largest absolute Gasteiger partial charge is 0.508 e. The molecule has 2 aromatic rings. The van der Waals surface area contributed by atoms with E-state index in [9.17, 15) is 58.2 Å². The van der Waals surface area contributed by atoms with E-state index < -0.39 is 53.1 Å². The summed E-state index contributed by atoms with van der Waals surface area (Å²) in [5.74, 6) is -4.53. The van der Waals surface area contributed by atoms with E-state index in [0.717, 1.165) is 13.0 Å². The average molecular weight is 1830 g/mol. The number of hydrogen-bond donors (Lipinski definition) is 6. The maximum absolute atomic E-state index is 13.2. The SMILES string of the molecule is CC(=O)NC(CCCCNC(=O)OC(C)(C)C)C(=O)CCCOCCOCCOCCOCCC(=O)CC(C(=O)NCCOCCOCCOCCOCCC(=O)NC(CCC(=O)OC(C)(C)C)C(=O)O)c1ccc(O)cc1.CCCOCCOCCOCCOCCOCCOCCOCCOCCOCCOCCOCCOCCN1C(=O)c2ccccc2C1=O. The number of amides is 6. The van der Waals surface area contributed by atoms with E-state index in [0.29, 0.717) is 241 Å². The van der Waals surface area contributed by atoms with Crippen molar-refractivity contribution in [2.24, 2.45) is 0 Å². The number of esters is 1. The van der Waals surface area contributed by atoms with Gasteiger partial charge in [0.2, 0.25) is 17.7 Å². The summed E-state index contributed by atoms with van der Waals surface area (Å²) in [6.07, 6.45) is 2.71. The molecule has 0 saturated heterocycles.